The highest BCUT2D eigenvalue weighted by molar-refractivity contribution is 14.0. The molecule has 180 valence electrons. The molecule has 0 atom stereocenters. The minimum absolute atomic E-state index is 0. The van der Waals surface area contributed by atoms with Gasteiger partial charge in [-0.3, -0.25) is 9.79 Å². The third kappa shape index (κ3) is 9.48. The van der Waals surface area contributed by atoms with Crippen LogP contribution in [-0.2, 0) is 9.53 Å². The van der Waals surface area contributed by atoms with Gasteiger partial charge < -0.3 is 25.2 Å². The minimum Gasteiger partial charge on any atom is -0.381 e. The van der Waals surface area contributed by atoms with E-state index in [0.29, 0.717) is 32.6 Å². The van der Waals surface area contributed by atoms with E-state index in [1.807, 2.05) is 11.8 Å². The quantitative estimate of drug-likeness (QED) is 0.188. The molecule has 1 saturated carbocycles. The summed E-state index contributed by atoms with van der Waals surface area (Å²) in [5.74, 6) is 1.47. The van der Waals surface area contributed by atoms with Gasteiger partial charge >= 0.3 is 0 Å². The van der Waals surface area contributed by atoms with Crippen LogP contribution in [0.4, 0.5) is 10.1 Å². The van der Waals surface area contributed by atoms with Crippen molar-refractivity contribution in [1.29, 1.82) is 0 Å². The number of nitrogens with one attached hydrogen (secondary N) is 2. The number of anilines is 1. The number of hydrogen-bond acceptors (Lipinski definition) is 4. The Hall–Kier alpha value is -1.62. The third-order valence-corrected chi connectivity index (χ3v) is 5.57. The summed E-state index contributed by atoms with van der Waals surface area (Å²) in [6.45, 7) is 8.61. The summed E-state index contributed by atoms with van der Waals surface area (Å²) in [6, 6.07) is 6.53. The molecule has 1 amide bonds. The van der Waals surface area contributed by atoms with Gasteiger partial charge in [-0.25, -0.2) is 4.39 Å². The van der Waals surface area contributed by atoms with E-state index < -0.39 is 0 Å². The first-order chi connectivity index (χ1) is 15.2. The summed E-state index contributed by atoms with van der Waals surface area (Å²) in [5.41, 5.74) is 1.000. The Morgan fingerprint density at radius 1 is 1.16 bits per heavy atom. The summed E-state index contributed by atoms with van der Waals surface area (Å²) in [5, 5.41) is 6.48. The largest absolute Gasteiger partial charge is 0.381 e. The Labute approximate surface area is 208 Å². The average Bonchev–Trinajstić information content (AvgIpc) is 3.61. The fourth-order valence-corrected chi connectivity index (χ4v) is 3.55. The number of benzene rings is 1. The van der Waals surface area contributed by atoms with E-state index in [1.165, 1.54) is 25.0 Å². The lowest BCUT2D eigenvalue weighted by Gasteiger charge is -2.36. The van der Waals surface area contributed by atoms with Crippen LogP contribution < -0.4 is 15.5 Å². The topological polar surface area (TPSA) is 69.2 Å². The molecule has 7 nitrogen and oxygen atoms in total. The number of rotatable bonds is 11. The maximum atomic E-state index is 13.1. The van der Waals surface area contributed by atoms with Crippen molar-refractivity contribution in [2.24, 2.45) is 10.9 Å². The van der Waals surface area contributed by atoms with Crippen LogP contribution in [0.2, 0.25) is 0 Å². The highest BCUT2D eigenvalue weighted by Crippen LogP contribution is 2.28. The Bertz CT molecular complexity index is 707. The smallest absolute Gasteiger partial charge is 0.224 e. The number of carbonyl (C=O) groups excluding carboxylic acids is 1. The van der Waals surface area contributed by atoms with Crippen molar-refractivity contribution in [3.8, 4) is 0 Å². The number of carbonyl (C=O) groups is 1. The van der Waals surface area contributed by atoms with Crippen molar-refractivity contribution >= 4 is 41.5 Å². The second kappa shape index (κ2) is 14.5. The summed E-state index contributed by atoms with van der Waals surface area (Å²) >= 11 is 0. The molecule has 0 unspecified atom stereocenters. The molecule has 1 aromatic rings. The Kier molecular flexibility index (Phi) is 12.1. The van der Waals surface area contributed by atoms with Gasteiger partial charge in [0.2, 0.25) is 5.91 Å². The predicted octanol–water partition coefficient (Wildman–Crippen LogP) is 2.85. The highest BCUT2D eigenvalue weighted by atomic mass is 127. The first-order valence-corrected chi connectivity index (χ1v) is 11.5. The van der Waals surface area contributed by atoms with Crippen LogP contribution in [-0.4, -0.2) is 75.8 Å². The molecule has 0 bridgehead atoms. The molecule has 2 aliphatic rings. The van der Waals surface area contributed by atoms with E-state index in [2.05, 4.69) is 20.5 Å². The molecule has 3 rings (SSSR count). The van der Waals surface area contributed by atoms with E-state index in [4.69, 9.17) is 4.74 Å². The second-order valence-corrected chi connectivity index (χ2v) is 8.15. The van der Waals surface area contributed by atoms with Gasteiger partial charge in [-0.05, 0) is 56.4 Å². The molecule has 0 radical (unpaired) electrons. The van der Waals surface area contributed by atoms with Gasteiger partial charge in [0.05, 0.1) is 0 Å². The molecule has 1 aliphatic heterocycles. The van der Waals surface area contributed by atoms with Crippen LogP contribution in [0, 0.1) is 11.7 Å². The molecular formula is C23H37FIN5O2. The monoisotopic (exact) mass is 561 g/mol. The lowest BCUT2D eigenvalue weighted by Crippen LogP contribution is -2.49. The lowest BCUT2D eigenvalue weighted by atomic mass is 10.2. The normalized spacial score (nSPS) is 16.5. The molecule has 0 aromatic heterocycles. The van der Waals surface area contributed by atoms with Gasteiger partial charge in [-0.15, -0.1) is 24.0 Å². The van der Waals surface area contributed by atoms with Gasteiger partial charge in [0.25, 0.3) is 0 Å². The van der Waals surface area contributed by atoms with Gasteiger partial charge in [0, 0.05) is 71.1 Å². The van der Waals surface area contributed by atoms with Gasteiger partial charge in [-0.2, -0.15) is 0 Å². The van der Waals surface area contributed by atoms with Gasteiger partial charge in [0.1, 0.15) is 5.82 Å². The van der Waals surface area contributed by atoms with E-state index >= 15 is 0 Å². The van der Waals surface area contributed by atoms with Crippen LogP contribution in [0.3, 0.4) is 0 Å². The minimum atomic E-state index is -0.229. The predicted molar refractivity (Wildman–Crippen MR) is 137 cm³/mol. The number of halogens is 2. The zero-order valence-corrected chi connectivity index (χ0v) is 21.4. The zero-order valence-electron chi connectivity index (χ0n) is 19.0. The molecule has 1 heterocycles. The number of nitrogens with zero attached hydrogens (tertiary/aromatic N) is 3. The maximum Gasteiger partial charge on any atom is 0.224 e. The van der Waals surface area contributed by atoms with Gasteiger partial charge in [-0.1, -0.05) is 0 Å². The lowest BCUT2D eigenvalue weighted by molar-refractivity contribution is -0.131. The molecule has 1 aromatic carbocycles. The van der Waals surface area contributed by atoms with Crippen molar-refractivity contribution in [1.82, 2.24) is 15.5 Å². The van der Waals surface area contributed by atoms with Gasteiger partial charge in [0.15, 0.2) is 5.96 Å². The van der Waals surface area contributed by atoms with Crippen molar-refractivity contribution in [2.45, 2.75) is 32.6 Å². The first-order valence-electron chi connectivity index (χ1n) is 11.5. The summed E-state index contributed by atoms with van der Waals surface area (Å²) in [4.78, 5) is 21.2. The molecule has 1 saturated heterocycles. The number of ether oxygens (including phenoxy) is 1. The average molecular weight is 561 g/mol. The molecular weight excluding hydrogens is 524 g/mol. The van der Waals surface area contributed by atoms with Crippen molar-refractivity contribution < 1.29 is 13.9 Å². The standard InChI is InChI=1S/C23H36FN5O2.HI/c1-2-25-23(26-11-3-17-31-18-19-4-5-19)27-12-10-22(30)29-15-13-28(14-16-29)21-8-6-20(24)7-9-21;/h6-9,19H,2-5,10-18H2,1H3,(H2,25,26,27);1H. The van der Waals surface area contributed by atoms with Crippen LogP contribution in [0.5, 0.6) is 0 Å². The van der Waals surface area contributed by atoms with E-state index in [0.717, 1.165) is 56.8 Å². The SMILES string of the molecule is CCNC(=NCCCOCC1CC1)NCCC(=O)N1CCN(c2ccc(F)cc2)CC1.I. The fourth-order valence-electron chi connectivity index (χ4n) is 3.55. The first kappa shape index (κ1) is 26.6. The number of aliphatic imine (C=N–C) groups is 1. The van der Waals surface area contributed by atoms with Crippen molar-refractivity contribution in [2.75, 3.05) is 63.9 Å². The molecule has 1 aliphatic carbocycles. The Morgan fingerprint density at radius 2 is 1.88 bits per heavy atom. The third-order valence-electron chi connectivity index (χ3n) is 5.57. The summed E-state index contributed by atoms with van der Waals surface area (Å²) < 4.78 is 18.7. The molecule has 9 heteroatoms. The molecule has 2 fully saturated rings. The summed E-state index contributed by atoms with van der Waals surface area (Å²) in [6.07, 6.45) is 3.97. The highest BCUT2D eigenvalue weighted by Gasteiger charge is 2.21. The number of amides is 1. The van der Waals surface area contributed by atoms with Crippen molar-refractivity contribution in [3.63, 3.8) is 0 Å². The molecule has 2 N–H and O–H groups in total. The zero-order chi connectivity index (χ0) is 21.9. The number of guanidine groups is 1. The number of hydrogen-bond donors (Lipinski definition) is 2. The Morgan fingerprint density at radius 3 is 2.53 bits per heavy atom. The van der Waals surface area contributed by atoms with E-state index in [1.54, 1.807) is 12.1 Å². The fraction of sp³-hybridized carbons (Fsp3) is 0.652. The van der Waals surface area contributed by atoms with Crippen LogP contribution >= 0.6 is 24.0 Å². The molecule has 32 heavy (non-hydrogen) atoms. The second-order valence-electron chi connectivity index (χ2n) is 8.15. The van der Waals surface area contributed by atoms with E-state index in [-0.39, 0.29) is 35.7 Å². The van der Waals surface area contributed by atoms with Crippen LogP contribution in [0.25, 0.3) is 0 Å². The van der Waals surface area contributed by atoms with Crippen molar-refractivity contribution in [3.05, 3.63) is 30.1 Å². The van der Waals surface area contributed by atoms with Crippen LogP contribution in [0.1, 0.15) is 32.6 Å². The summed E-state index contributed by atoms with van der Waals surface area (Å²) in [7, 11) is 0. The van der Waals surface area contributed by atoms with E-state index in [9.17, 15) is 9.18 Å². The van der Waals surface area contributed by atoms with Crippen LogP contribution in [0.15, 0.2) is 29.3 Å². The number of piperazine rings is 1. The Balaban J connectivity index is 0.00000363. The maximum absolute atomic E-state index is 13.1. The molecule has 0 spiro atoms.